The number of Topliss-reactive ketones (excluding diaryl/α,β-unsaturated/α-hetero) is 2. The molecular weight excluding hydrogens is 426 g/mol. The van der Waals surface area contributed by atoms with Gasteiger partial charge in [-0.2, -0.15) is 5.26 Å². The smallest absolute Gasteiger partial charge is 0.182 e. The number of aromatic amines is 1. The molecule has 4 aromatic rings. The Morgan fingerprint density at radius 1 is 0.971 bits per heavy atom. The fourth-order valence-corrected chi connectivity index (χ4v) is 4.21. The third-order valence-electron chi connectivity index (χ3n) is 5.94. The second-order valence-corrected chi connectivity index (χ2v) is 8.04. The van der Waals surface area contributed by atoms with Crippen LogP contribution in [-0.4, -0.2) is 22.6 Å². The summed E-state index contributed by atoms with van der Waals surface area (Å²) in [5.41, 5.74) is 12.3. The summed E-state index contributed by atoms with van der Waals surface area (Å²) in [4.78, 5) is 33.1. The number of ketones is 2. The Balaban J connectivity index is 1.86. The van der Waals surface area contributed by atoms with Gasteiger partial charge in [0.2, 0.25) is 0 Å². The lowest BCUT2D eigenvalue weighted by Gasteiger charge is -2.26. The number of rotatable bonds is 8. The van der Waals surface area contributed by atoms with Gasteiger partial charge in [-0.3, -0.25) is 9.59 Å². The highest BCUT2D eigenvalue weighted by Gasteiger charge is 2.40. The van der Waals surface area contributed by atoms with Crippen LogP contribution in [0.4, 0.5) is 0 Å². The molecule has 3 atom stereocenters. The van der Waals surface area contributed by atoms with Crippen LogP contribution in [0.1, 0.15) is 37.8 Å². The number of hydrogen-bond donors (Lipinski definition) is 1. The Morgan fingerprint density at radius 3 is 2.32 bits per heavy atom. The number of nitrogens with zero attached hydrogens (tertiary/aromatic N) is 4. The maximum Gasteiger partial charge on any atom is 0.182 e. The normalized spacial score (nSPS) is 13.3. The number of benzene rings is 3. The zero-order chi connectivity index (χ0) is 24.1. The van der Waals surface area contributed by atoms with Gasteiger partial charge in [0.1, 0.15) is 12.0 Å². The molecule has 34 heavy (non-hydrogen) atoms. The van der Waals surface area contributed by atoms with E-state index in [1.165, 1.54) is 0 Å². The van der Waals surface area contributed by atoms with Crippen molar-refractivity contribution in [1.82, 2.24) is 4.98 Å². The van der Waals surface area contributed by atoms with Crippen LogP contribution >= 0.6 is 0 Å². The van der Waals surface area contributed by atoms with E-state index in [1.54, 1.807) is 54.7 Å². The van der Waals surface area contributed by atoms with Gasteiger partial charge in [0.25, 0.3) is 0 Å². The van der Waals surface area contributed by atoms with Crippen molar-refractivity contribution in [3.63, 3.8) is 0 Å². The van der Waals surface area contributed by atoms with Crippen molar-refractivity contribution in [1.29, 1.82) is 5.26 Å². The zero-order valence-corrected chi connectivity index (χ0v) is 18.4. The Hall–Kier alpha value is -4.66. The van der Waals surface area contributed by atoms with Gasteiger partial charge in [-0.25, -0.2) is 0 Å². The molecule has 0 aliphatic heterocycles. The molecule has 1 aromatic heterocycles. The monoisotopic (exact) mass is 447 g/mol. The average Bonchev–Trinajstić information content (AvgIpc) is 3.31. The fourth-order valence-electron chi connectivity index (χ4n) is 4.21. The molecule has 0 saturated heterocycles. The van der Waals surface area contributed by atoms with E-state index in [1.807, 2.05) is 37.3 Å². The molecule has 166 valence electrons. The first kappa shape index (κ1) is 22.5. The predicted molar refractivity (Wildman–Crippen MR) is 129 cm³/mol. The molecule has 0 radical (unpaired) electrons. The van der Waals surface area contributed by atoms with Gasteiger partial charge in [-0.05, 0) is 24.1 Å². The second kappa shape index (κ2) is 9.86. The number of azide groups is 1. The standard InChI is InChI=1S/C27H21N5O2/c1-17-11-13-18(14-12-17)24(25(31-32-29)26(33)19-7-3-2-4-8-19)21(15-28)27(34)22-16-30-23-10-6-5-9-20(22)23/h2-14,16,21,24-25,30H,1H3. The van der Waals surface area contributed by atoms with Crippen molar-refractivity contribution in [2.45, 2.75) is 18.9 Å². The van der Waals surface area contributed by atoms with Crippen LogP contribution in [0.2, 0.25) is 0 Å². The summed E-state index contributed by atoms with van der Waals surface area (Å²) in [6, 6.07) is 23.8. The molecule has 0 aliphatic carbocycles. The minimum atomic E-state index is -1.28. The highest BCUT2D eigenvalue weighted by molar-refractivity contribution is 6.11. The molecule has 7 nitrogen and oxygen atoms in total. The van der Waals surface area contributed by atoms with Gasteiger partial charge in [0.05, 0.1) is 6.07 Å². The summed E-state index contributed by atoms with van der Waals surface area (Å²) < 4.78 is 0. The molecule has 0 amide bonds. The van der Waals surface area contributed by atoms with E-state index in [0.717, 1.165) is 11.1 Å². The summed E-state index contributed by atoms with van der Waals surface area (Å²) in [6.45, 7) is 1.91. The van der Waals surface area contributed by atoms with Crippen molar-refractivity contribution >= 4 is 22.5 Å². The molecular formula is C27H21N5O2. The lowest BCUT2D eigenvalue weighted by Crippen LogP contribution is -2.34. The number of nitrogens with one attached hydrogen (secondary N) is 1. The number of hydrogen-bond acceptors (Lipinski definition) is 4. The van der Waals surface area contributed by atoms with Crippen molar-refractivity contribution in [2.24, 2.45) is 11.0 Å². The second-order valence-electron chi connectivity index (χ2n) is 8.04. The van der Waals surface area contributed by atoms with Crippen molar-refractivity contribution in [3.05, 3.63) is 118 Å². The summed E-state index contributed by atoms with van der Waals surface area (Å²) in [6.07, 6.45) is 1.57. The first-order valence-corrected chi connectivity index (χ1v) is 10.7. The third-order valence-corrected chi connectivity index (χ3v) is 5.94. The van der Waals surface area contributed by atoms with E-state index >= 15 is 0 Å². The molecule has 3 aromatic carbocycles. The van der Waals surface area contributed by atoms with E-state index < -0.39 is 29.4 Å². The maximum atomic E-state index is 13.7. The number of H-pyrrole nitrogens is 1. The first-order valence-electron chi connectivity index (χ1n) is 10.7. The van der Waals surface area contributed by atoms with Crippen molar-refractivity contribution in [3.8, 4) is 6.07 Å². The molecule has 0 bridgehead atoms. The fraction of sp³-hybridized carbons (Fsp3) is 0.148. The van der Waals surface area contributed by atoms with Crippen LogP contribution in [0, 0.1) is 24.2 Å². The summed E-state index contributed by atoms with van der Waals surface area (Å²) >= 11 is 0. The first-order chi connectivity index (χ1) is 16.5. The molecule has 1 heterocycles. The van der Waals surface area contributed by atoms with Gasteiger partial charge >= 0.3 is 0 Å². The summed E-state index contributed by atoms with van der Waals surface area (Å²) in [7, 11) is 0. The molecule has 4 rings (SSSR count). The predicted octanol–water partition coefficient (Wildman–Crippen LogP) is 6.14. The van der Waals surface area contributed by atoms with E-state index in [0.29, 0.717) is 22.1 Å². The number of nitriles is 1. The van der Waals surface area contributed by atoms with E-state index in [9.17, 15) is 20.4 Å². The summed E-state index contributed by atoms with van der Waals surface area (Å²) in [5.74, 6) is -3.12. The van der Waals surface area contributed by atoms with Gasteiger partial charge in [0, 0.05) is 39.1 Å². The Kier molecular flexibility index (Phi) is 6.54. The minimum Gasteiger partial charge on any atom is -0.360 e. The highest BCUT2D eigenvalue weighted by Crippen LogP contribution is 2.35. The number of aryl methyl sites for hydroxylation is 1. The molecule has 7 heteroatoms. The Bertz CT molecular complexity index is 1430. The molecule has 0 saturated carbocycles. The number of fused-ring (bicyclic) bond motifs is 1. The number of carbonyl (C=O) groups excluding carboxylic acids is 2. The van der Waals surface area contributed by atoms with Crippen molar-refractivity contribution in [2.75, 3.05) is 0 Å². The third kappa shape index (κ3) is 4.31. The highest BCUT2D eigenvalue weighted by atomic mass is 16.1. The van der Waals surface area contributed by atoms with Gasteiger partial charge in [-0.15, -0.1) is 0 Å². The van der Waals surface area contributed by atoms with Gasteiger partial charge < -0.3 is 4.98 Å². The lowest BCUT2D eigenvalue weighted by atomic mass is 9.75. The van der Waals surface area contributed by atoms with Gasteiger partial charge in [-0.1, -0.05) is 83.5 Å². The Morgan fingerprint density at radius 2 is 1.65 bits per heavy atom. The van der Waals surface area contributed by atoms with Crippen LogP contribution in [-0.2, 0) is 0 Å². The van der Waals surface area contributed by atoms with Crippen molar-refractivity contribution < 1.29 is 9.59 Å². The van der Waals surface area contributed by atoms with Crippen LogP contribution in [0.5, 0.6) is 0 Å². The zero-order valence-electron chi connectivity index (χ0n) is 18.4. The van der Waals surface area contributed by atoms with Crippen LogP contribution in [0.3, 0.4) is 0 Å². The minimum absolute atomic E-state index is 0.341. The van der Waals surface area contributed by atoms with Gasteiger partial charge in [0.15, 0.2) is 11.6 Å². The van der Waals surface area contributed by atoms with E-state index in [-0.39, 0.29) is 0 Å². The lowest BCUT2D eigenvalue weighted by molar-refractivity contribution is 0.0892. The summed E-state index contributed by atoms with van der Waals surface area (Å²) in [5, 5.41) is 14.7. The molecule has 1 N–H and O–H groups in total. The number of aromatic nitrogens is 1. The molecule has 3 unspecified atom stereocenters. The molecule has 0 fully saturated rings. The van der Waals surface area contributed by atoms with E-state index in [2.05, 4.69) is 21.1 Å². The number of para-hydroxylation sites is 1. The Labute approximate surface area is 196 Å². The largest absolute Gasteiger partial charge is 0.360 e. The average molecular weight is 447 g/mol. The maximum absolute atomic E-state index is 13.7. The van der Waals surface area contributed by atoms with Crippen LogP contribution in [0.25, 0.3) is 21.3 Å². The molecule has 0 aliphatic rings. The number of carbonyl (C=O) groups is 2. The van der Waals surface area contributed by atoms with E-state index in [4.69, 9.17) is 0 Å². The quantitative estimate of drug-likeness (QED) is 0.151. The topological polar surface area (TPSA) is 122 Å². The SMILES string of the molecule is Cc1ccc(C(C(C#N)C(=O)c2c[nH]c3ccccc23)C(N=[N+]=[N-])C(=O)c2ccccc2)cc1. The molecule has 0 spiro atoms. The van der Waals surface area contributed by atoms with Crippen LogP contribution in [0.15, 0.2) is 90.2 Å². The van der Waals surface area contributed by atoms with Crippen LogP contribution < -0.4 is 0 Å².